The summed E-state index contributed by atoms with van der Waals surface area (Å²) in [4.78, 5) is 16.8. The number of rotatable bonds is 2. The number of nitrogens with zero attached hydrogens (tertiary/aromatic N) is 2. The fraction of sp³-hybridized carbons (Fsp3) is 0.278. The Morgan fingerprint density at radius 1 is 1.00 bits per heavy atom. The molecule has 1 saturated heterocycles. The van der Waals surface area contributed by atoms with Crippen LogP contribution in [-0.2, 0) is 0 Å². The fourth-order valence-corrected chi connectivity index (χ4v) is 3.19. The van der Waals surface area contributed by atoms with Crippen molar-refractivity contribution >= 4 is 34.8 Å². The maximum absolute atomic E-state index is 12.6. The number of piperazine rings is 1. The summed E-state index contributed by atoms with van der Waals surface area (Å²) in [6.07, 6.45) is 0. The number of carbonyl (C=O) groups excluding carboxylic acids is 1. The van der Waals surface area contributed by atoms with Crippen LogP contribution in [0.1, 0.15) is 15.9 Å². The lowest BCUT2D eigenvalue weighted by Gasteiger charge is -2.36. The molecule has 1 amide bonds. The number of aryl methyl sites for hydroxylation is 1. The molecule has 0 radical (unpaired) electrons. The van der Waals surface area contributed by atoms with Gasteiger partial charge in [0, 0.05) is 36.9 Å². The summed E-state index contributed by atoms with van der Waals surface area (Å²) >= 11 is 12.1. The second kappa shape index (κ2) is 6.81. The highest BCUT2D eigenvalue weighted by Crippen LogP contribution is 2.24. The summed E-state index contributed by atoms with van der Waals surface area (Å²) in [7, 11) is 0. The van der Waals surface area contributed by atoms with E-state index in [1.807, 2.05) is 4.90 Å². The van der Waals surface area contributed by atoms with Gasteiger partial charge in [-0.3, -0.25) is 4.79 Å². The third kappa shape index (κ3) is 3.62. The first-order valence-electron chi connectivity index (χ1n) is 7.60. The molecule has 0 aromatic heterocycles. The number of anilines is 1. The van der Waals surface area contributed by atoms with E-state index in [9.17, 15) is 4.79 Å². The van der Waals surface area contributed by atoms with Gasteiger partial charge < -0.3 is 9.80 Å². The monoisotopic (exact) mass is 348 g/mol. The highest BCUT2D eigenvalue weighted by atomic mass is 35.5. The van der Waals surface area contributed by atoms with Gasteiger partial charge in [0.1, 0.15) is 0 Å². The van der Waals surface area contributed by atoms with Gasteiger partial charge in [0.05, 0.1) is 10.6 Å². The third-order valence-electron chi connectivity index (χ3n) is 4.09. The van der Waals surface area contributed by atoms with Gasteiger partial charge in [0.2, 0.25) is 0 Å². The number of hydrogen-bond acceptors (Lipinski definition) is 2. The van der Waals surface area contributed by atoms with Gasteiger partial charge in [-0.1, -0.05) is 35.3 Å². The molecule has 3 nitrogen and oxygen atoms in total. The van der Waals surface area contributed by atoms with Crippen molar-refractivity contribution in [2.24, 2.45) is 0 Å². The highest BCUT2D eigenvalue weighted by Gasteiger charge is 2.24. The van der Waals surface area contributed by atoms with Crippen LogP contribution in [0.2, 0.25) is 10.0 Å². The first-order valence-corrected chi connectivity index (χ1v) is 8.36. The van der Waals surface area contributed by atoms with E-state index in [-0.39, 0.29) is 5.91 Å². The minimum absolute atomic E-state index is 0.0543. The van der Waals surface area contributed by atoms with Crippen molar-refractivity contribution in [3.63, 3.8) is 0 Å². The van der Waals surface area contributed by atoms with Crippen LogP contribution in [0.3, 0.4) is 0 Å². The van der Waals surface area contributed by atoms with Gasteiger partial charge in [-0.2, -0.15) is 0 Å². The van der Waals surface area contributed by atoms with E-state index in [1.54, 1.807) is 18.2 Å². The molecule has 0 atom stereocenters. The Labute approximate surface area is 146 Å². The molecule has 5 heteroatoms. The Bertz CT molecular complexity index is 725. The minimum Gasteiger partial charge on any atom is -0.368 e. The van der Waals surface area contributed by atoms with Crippen LogP contribution in [-0.4, -0.2) is 37.0 Å². The fourth-order valence-electron chi connectivity index (χ4n) is 2.82. The number of halogens is 2. The maximum atomic E-state index is 12.6. The van der Waals surface area contributed by atoms with E-state index in [0.717, 1.165) is 13.1 Å². The van der Waals surface area contributed by atoms with Crippen molar-refractivity contribution < 1.29 is 4.79 Å². The summed E-state index contributed by atoms with van der Waals surface area (Å²) in [5.41, 5.74) is 2.92. The maximum Gasteiger partial charge on any atom is 0.255 e. The molecule has 1 fully saturated rings. The predicted octanol–water partition coefficient (Wildman–Crippen LogP) is 4.26. The van der Waals surface area contributed by atoms with Crippen molar-refractivity contribution in [1.82, 2.24) is 4.90 Å². The van der Waals surface area contributed by atoms with E-state index in [1.165, 1.54) is 11.3 Å². The van der Waals surface area contributed by atoms with Gasteiger partial charge in [-0.15, -0.1) is 0 Å². The Balaban J connectivity index is 1.69. The van der Waals surface area contributed by atoms with Gasteiger partial charge in [0.25, 0.3) is 5.91 Å². The van der Waals surface area contributed by atoms with Crippen LogP contribution in [0.4, 0.5) is 5.69 Å². The molecule has 3 rings (SSSR count). The largest absolute Gasteiger partial charge is 0.368 e. The topological polar surface area (TPSA) is 23.6 Å². The predicted molar refractivity (Wildman–Crippen MR) is 95.8 cm³/mol. The van der Waals surface area contributed by atoms with Crippen LogP contribution >= 0.6 is 23.2 Å². The SMILES string of the molecule is Cc1cccc(N2CCN(C(=O)c3cc(Cl)ccc3Cl)CC2)c1. The second-order valence-corrected chi connectivity index (χ2v) is 6.59. The molecule has 0 bridgehead atoms. The van der Waals surface area contributed by atoms with Crippen molar-refractivity contribution in [2.45, 2.75) is 6.92 Å². The number of amides is 1. The Kier molecular flexibility index (Phi) is 4.79. The average Bonchev–Trinajstić information content (AvgIpc) is 2.56. The molecule has 1 heterocycles. The summed E-state index contributed by atoms with van der Waals surface area (Å²) in [6.45, 7) is 5.07. The quantitative estimate of drug-likeness (QED) is 0.809. The molecule has 0 saturated carbocycles. The zero-order valence-electron chi connectivity index (χ0n) is 12.9. The number of hydrogen-bond donors (Lipinski definition) is 0. The molecule has 1 aliphatic heterocycles. The van der Waals surface area contributed by atoms with Crippen LogP contribution in [0.15, 0.2) is 42.5 Å². The first kappa shape index (κ1) is 16.2. The van der Waals surface area contributed by atoms with Crippen LogP contribution < -0.4 is 4.90 Å². The molecule has 23 heavy (non-hydrogen) atoms. The van der Waals surface area contributed by atoms with Gasteiger partial charge in [-0.25, -0.2) is 0 Å². The second-order valence-electron chi connectivity index (χ2n) is 5.74. The molecule has 2 aromatic carbocycles. The Hall–Kier alpha value is -1.71. The van der Waals surface area contributed by atoms with Crippen LogP contribution in [0.5, 0.6) is 0 Å². The molecule has 1 aliphatic rings. The summed E-state index contributed by atoms with van der Waals surface area (Å²) < 4.78 is 0. The molecule has 2 aromatic rings. The lowest BCUT2D eigenvalue weighted by atomic mass is 10.1. The standard InChI is InChI=1S/C18H18Cl2N2O/c1-13-3-2-4-15(11-13)21-7-9-22(10-8-21)18(23)16-12-14(19)5-6-17(16)20/h2-6,11-12H,7-10H2,1H3. The van der Waals surface area contributed by atoms with Crippen molar-refractivity contribution in [3.8, 4) is 0 Å². The van der Waals surface area contributed by atoms with E-state index in [4.69, 9.17) is 23.2 Å². The van der Waals surface area contributed by atoms with E-state index < -0.39 is 0 Å². The number of carbonyl (C=O) groups is 1. The van der Waals surface area contributed by atoms with Crippen molar-refractivity contribution in [3.05, 3.63) is 63.6 Å². The zero-order valence-corrected chi connectivity index (χ0v) is 14.4. The summed E-state index contributed by atoms with van der Waals surface area (Å²) in [6, 6.07) is 13.4. The normalized spacial score (nSPS) is 14.9. The Morgan fingerprint density at radius 3 is 2.43 bits per heavy atom. The molecule has 0 aliphatic carbocycles. The summed E-state index contributed by atoms with van der Waals surface area (Å²) in [5, 5.41) is 0.969. The first-order chi connectivity index (χ1) is 11.0. The highest BCUT2D eigenvalue weighted by molar-refractivity contribution is 6.35. The molecule has 0 N–H and O–H groups in total. The molecule has 0 spiro atoms. The average molecular weight is 349 g/mol. The molecular formula is C18H18Cl2N2O. The molecular weight excluding hydrogens is 331 g/mol. The van der Waals surface area contributed by atoms with E-state index in [0.29, 0.717) is 28.7 Å². The van der Waals surface area contributed by atoms with Gasteiger partial charge in [0.15, 0.2) is 0 Å². The van der Waals surface area contributed by atoms with Crippen molar-refractivity contribution in [2.75, 3.05) is 31.1 Å². The number of benzene rings is 2. The molecule has 120 valence electrons. The lowest BCUT2D eigenvalue weighted by Crippen LogP contribution is -2.48. The van der Waals surface area contributed by atoms with Gasteiger partial charge >= 0.3 is 0 Å². The van der Waals surface area contributed by atoms with Crippen LogP contribution in [0, 0.1) is 6.92 Å². The smallest absolute Gasteiger partial charge is 0.255 e. The summed E-state index contributed by atoms with van der Waals surface area (Å²) in [5.74, 6) is -0.0543. The minimum atomic E-state index is -0.0543. The third-order valence-corrected chi connectivity index (χ3v) is 4.66. The Morgan fingerprint density at radius 2 is 1.74 bits per heavy atom. The van der Waals surface area contributed by atoms with Crippen LogP contribution in [0.25, 0.3) is 0 Å². The van der Waals surface area contributed by atoms with Crippen molar-refractivity contribution in [1.29, 1.82) is 0 Å². The van der Waals surface area contributed by atoms with E-state index >= 15 is 0 Å². The lowest BCUT2D eigenvalue weighted by molar-refractivity contribution is 0.0747. The zero-order chi connectivity index (χ0) is 16.4. The van der Waals surface area contributed by atoms with E-state index in [2.05, 4.69) is 36.1 Å². The van der Waals surface area contributed by atoms with Gasteiger partial charge in [-0.05, 0) is 42.8 Å². The molecule has 0 unspecified atom stereocenters.